The van der Waals surface area contributed by atoms with Crippen LogP contribution in [0, 0.1) is 0 Å². The summed E-state index contributed by atoms with van der Waals surface area (Å²) in [5.41, 5.74) is 0. The average Bonchev–Trinajstić information content (AvgIpc) is 2.95. The maximum atomic E-state index is 12.1. The molecule has 0 N–H and O–H groups in total. The van der Waals surface area contributed by atoms with Crippen molar-refractivity contribution in [2.75, 3.05) is 14.1 Å². The zero-order chi connectivity index (χ0) is 18.3. The van der Waals surface area contributed by atoms with Crippen molar-refractivity contribution >= 4 is 11.9 Å². The summed E-state index contributed by atoms with van der Waals surface area (Å²) in [7, 11) is 4.34. The van der Waals surface area contributed by atoms with E-state index in [1.165, 1.54) is 25.7 Å². The standard InChI is InChI=1S/C20H32N2O4/c1-21-13-3-4-14(21)10-17(9-13)25-19(23)7-8-20(24)26-18-11-15-5-6-16(12-18)22(15)2/h13-18H,3-12H2,1-2H3. The molecule has 4 aliphatic heterocycles. The van der Waals surface area contributed by atoms with E-state index in [-0.39, 0.29) is 37.0 Å². The Hall–Kier alpha value is -1.14. The van der Waals surface area contributed by atoms with Gasteiger partial charge in [-0.2, -0.15) is 0 Å². The van der Waals surface area contributed by atoms with Gasteiger partial charge in [0, 0.05) is 24.2 Å². The normalized spacial score (nSPS) is 39.8. The van der Waals surface area contributed by atoms with Gasteiger partial charge in [0.25, 0.3) is 0 Å². The predicted octanol–water partition coefficient (Wildman–Crippen LogP) is 2.10. The van der Waals surface area contributed by atoms with E-state index in [0.717, 1.165) is 25.7 Å². The molecule has 6 nitrogen and oxygen atoms in total. The van der Waals surface area contributed by atoms with Crippen LogP contribution in [0.4, 0.5) is 0 Å². The second-order valence-electron chi connectivity index (χ2n) is 8.77. The van der Waals surface area contributed by atoms with Crippen LogP contribution in [0.3, 0.4) is 0 Å². The predicted molar refractivity (Wildman–Crippen MR) is 96.6 cm³/mol. The van der Waals surface area contributed by atoms with E-state index in [2.05, 4.69) is 23.9 Å². The van der Waals surface area contributed by atoms with Crippen LogP contribution in [0.2, 0.25) is 0 Å². The number of carbonyl (C=O) groups excluding carboxylic acids is 2. The molecule has 4 aliphatic rings. The molecule has 4 atom stereocenters. The first-order valence-electron chi connectivity index (χ1n) is 10.3. The zero-order valence-corrected chi connectivity index (χ0v) is 16.1. The summed E-state index contributed by atoms with van der Waals surface area (Å²) in [4.78, 5) is 29.1. The molecule has 6 heteroatoms. The number of piperidine rings is 2. The van der Waals surface area contributed by atoms with Crippen molar-refractivity contribution in [3.05, 3.63) is 0 Å². The summed E-state index contributed by atoms with van der Waals surface area (Å²) in [6, 6.07) is 2.21. The lowest BCUT2D eigenvalue weighted by Crippen LogP contribution is -2.43. The van der Waals surface area contributed by atoms with Gasteiger partial charge in [-0.3, -0.25) is 9.59 Å². The molecular weight excluding hydrogens is 332 g/mol. The van der Waals surface area contributed by atoms with E-state index in [1.54, 1.807) is 0 Å². The third-order valence-electron chi connectivity index (χ3n) is 7.24. The highest BCUT2D eigenvalue weighted by molar-refractivity contribution is 5.77. The minimum atomic E-state index is -0.251. The Bertz CT molecular complexity index is 478. The van der Waals surface area contributed by atoms with Crippen molar-refractivity contribution < 1.29 is 19.1 Å². The zero-order valence-electron chi connectivity index (χ0n) is 16.1. The summed E-state index contributed by atoms with van der Waals surface area (Å²) in [6.45, 7) is 0. The third-order valence-corrected chi connectivity index (χ3v) is 7.24. The summed E-state index contributed by atoms with van der Waals surface area (Å²) in [5, 5.41) is 0. The summed E-state index contributed by atoms with van der Waals surface area (Å²) >= 11 is 0. The quantitative estimate of drug-likeness (QED) is 0.697. The Balaban J connectivity index is 1.16. The van der Waals surface area contributed by atoms with E-state index < -0.39 is 0 Å². The first kappa shape index (κ1) is 18.2. The van der Waals surface area contributed by atoms with Crippen molar-refractivity contribution in [1.82, 2.24) is 9.80 Å². The van der Waals surface area contributed by atoms with Gasteiger partial charge in [-0.1, -0.05) is 0 Å². The maximum Gasteiger partial charge on any atom is 0.306 e. The molecule has 0 spiro atoms. The number of hydrogen-bond acceptors (Lipinski definition) is 6. The van der Waals surface area contributed by atoms with E-state index in [0.29, 0.717) is 24.2 Å². The van der Waals surface area contributed by atoms with Crippen LogP contribution in [0.5, 0.6) is 0 Å². The van der Waals surface area contributed by atoms with Gasteiger partial charge in [0.05, 0.1) is 12.8 Å². The molecule has 0 aromatic heterocycles. The number of esters is 2. The molecule has 4 unspecified atom stereocenters. The number of ether oxygens (including phenoxy) is 2. The Kier molecular flexibility index (Phi) is 5.24. The molecule has 4 saturated heterocycles. The van der Waals surface area contributed by atoms with Crippen LogP contribution in [0.25, 0.3) is 0 Å². The van der Waals surface area contributed by atoms with Gasteiger partial charge in [0.1, 0.15) is 12.2 Å². The van der Waals surface area contributed by atoms with Crippen molar-refractivity contribution in [3.8, 4) is 0 Å². The van der Waals surface area contributed by atoms with Gasteiger partial charge in [0.2, 0.25) is 0 Å². The van der Waals surface area contributed by atoms with Gasteiger partial charge in [0.15, 0.2) is 0 Å². The molecule has 4 heterocycles. The van der Waals surface area contributed by atoms with Crippen LogP contribution in [-0.4, -0.2) is 72.2 Å². The molecular formula is C20H32N2O4. The topological polar surface area (TPSA) is 59.1 Å². The largest absolute Gasteiger partial charge is 0.462 e. The van der Waals surface area contributed by atoms with E-state index in [4.69, 9.17) is 9.47 Å². The molecule has 0 amide bonds. The van der Waals surface area contributed by atoms with Crippen molar-refractivity contribution in [1.29, 1.82) is 0 Å². The van der Waals surface area contributed by atoms with E-state index >= 15 is 0 Å². The van der Waals surface area contributed by atoms with Crippen molar-refractivity contribution in [2.45, 2.75) is 101 Å². The van der Waals surface area contributed by atoms with Gasteiger partial charge in [-0.15, -0.1) is 0 Å². The molecule has 0 radical (unpaired) electrons. The molecule has 146 valence electrons. The lowest BCUT2D eigenvalue weighted by molar-refractivity contribution is -0.159. The van der Waals surface area contributed by atoms with Crippen LogP contribution in [-0.2, 0) is 19.1 Å². The minimum Gasteiger partial charge on any atom is -0.462 e. The first-order valence-corrected chi connectivity index (χ1v) is 10.3. The average molecular weight is 364 g/mol. The number of hydrogen-bond donors (Lipinski definition) is 0. The fourth-order valence-corrected chi connectivity index (χ4v) is 5.61. The lowest BCUT2D eigenvalue weighted by Gasteiger charge is -2.36. The second-order valence-corrected chi connectivity index (χ2v) is 8.77. The van der Waals surface area contributed by atoms with Crippen LogP contribution >= 0.6 is 0 Å². The highest BCUT2D eigenvalue weighted by atomic mass is 16.6. The van der Waals surface area contributed by atoms with Gasteiger partial charge in [-0.05, 0) is 65.5 Å². The van der Waals surface area contributed by atoms with Crippen molar-refractivity contribution in [2.24, 2.45) is 0 Å². The van der Waals surface area contributed by atoms with Crippen LogP contribution in [0.1, 0.15) is 64.2 Å². The molecule has 0 aliphatic carbocycles. The third kappa shape index (κ3) is 3.77. The van der Waals surface area contributed by atoms with Crippen molar-refractivity contribution in [3.63, 3.8) is 0 Å². The molecule has 26 heavy (non-hydrogen) atoms. The molecule has 4 fully saturated rings. The molecule has 4 rings (SSSR count). The summed E-state index contributed by atoms with van der Waals surface area (Å²) < 4.78 is 11.3. The number of carbonyl (C=O) groups is 2. The fourth-order valence-electron chi connectivity index (χ4n) is 5.61. The monoisotopic (exact) mass is 364 g/mol. The van der Waals surface area contributed by atoms with Crippen LogP contribution in [0.15, 0.2) is 0 Å². The SMILES string of the molecule is CN1C2CCC1CC(OC(=O)CCC(=O)OC1CC3CCC(C1)N3C)C2. The smallest absolute Gasteiger partial charge is 0.306 e. The molecule has 0 aromatic rings. The fraction of sp³-hybridized carbons (Fsp3) is 0.900. The Labute approximate surface area is 156 Å². The molecule has 0 saturated carbocycles. The number of rotatable bonds is 5. The van der Waals surface area contributed by atoms with Gasteiger partial charge in [-0.25, -0.2) is 0 Å². The maximum absolute atomic E-state index is 12.1. The summed E-state index contributed by atoms with van der Waals surface area (Å²) in [5.74, 6) is -0.501. The second kappa shape index (κ2) is 7.47. The highest BCUT2D eigenvalue weighted by Gasteiger charge is 2.41. The Morgan fingerprint density at radius 2 is 1.00 bits per heavy atom. The Morgan fingerprint density at radius 3 is 1.31 bits per heavy atom. The van der Waals surface area contributed by atoms with Gasteiger partial charge >= 0.3 is 11.9 Å². The van der Waals surface area contributed by atoms with E-state index in [9.17, 15) is 9.59 Å². The van der Waals surface area contributed by atoms with E-state index in [1.807, 2.05) is 0 Å². The lowest BCUT2D eigenvalue weighted by atomic mass is 10.0. The highest BCUT2D eigenvalue weighted by Crippen LogP contribution is 2.36. The number of fused-ring (bicyclic) bond motifs is 4. The minimum absolute atomic E-state index is 0.0247. The van der Waals surface area contributed by atoms with Crippen LogP contribution < -0.4 is 0 Å². The molecule has 0 aromatic carbocycles. The summed E-state index contributed by atoms with van der Waals surface area (Å²) in [6.07, 6.45) is 8.89. The first-order chi connectivity index (χ1) is 12.5. The van der Waals surface area contributed by atoms with Gasteiger partial charge < -0.3 is 19.3 Å². The molecule has 4 bridgehead atoms. The Morgan fingerprint density at radius 1 is 0.692 bits per heavy atom. The number of nitrogens with zero attached hydrogens (tertiary/aromatic N) is 2.